The number of carbonyl (C=O) groups excluding carboxylic acids is 1. The molecule has 0 bridgehead atoms. The maximum atomic E-state index is 12.3. The third-order valence-corrected chi connectivity index (χ3v) is 5.09. The number of nitrogens with zero attached hydrogens (tertiary/aromatic N) is 4. The summed E-state index contributed by atoms with van der Waals surface area (Å²) in [5, 5.41) is 13.1. The molecule has 1 aliphatic heterocycles. The van der Waals surface area contributed by atoms with Gasteiger partial charge >= 0.3 is 6.03 Å². The Kier molecular flexibility index (Phi) is 6.09. The Hall–Kier alpha value is -3.46. The van der Waals surface area contributed by atoms with Gasteiger partial charge in [-0.2, -0.15) is 4.98 Å². The van der Waals surface area contributed by atoms with Crippen molar-refractivity contribution in [2.45, 2.75) is 33.2 Å². The van der Waals surface area contributed by atoms with E-state index in [9.17, 15) is 4.79 Å². The fraction of sp³-hybridized carbons (Fsp3) is 0.391. The lowest BCUT2D eigenvalue weighted by atomic mass is 10.1. The first-order valence-corrected chi connectivity index (χ1v) is 10.8. The summed E-state index contributed by atoms with van der Waals surface area (Å²) in [7, 11) is 0. The monoisotopic (exact) mass is 434 g/mol. The second-order valence-corrected chi connectivity index (χ2v) is 9.00. The number of anilines is 4. The highest BCUT2D eigenvalue weighted by molar-refractivity contribution is 5.91. The zero-order valence-electron chi connectivity index (χ0n) is 19.0. The van der Waals surface area contributed by atoms with Crippen LogP contribution >= 0.6 is 0 Å². The SMILES string of the molecule is Cc1cc2cnc(Nc3ccc(N4CCNCC4)cc3)nc2nc1NC(=O)NC(C)(C)C. The Morgan fingerprint density at radius 1 is 1.09 bits per heavy atom. The minimum Gasteiger partial charge on any atom is -0.369 e. The Balaban J connectivity index is 1.50. The van der Waals surface area contributed by atoms with E-state index in [0.29, 0.717) is 17.4 Å². The zero-order chi connectivity index (χ0) is 22.7. The van der Waals surface area contributed by atoms with Gasteiger partial charge in [0, 0.05) is 54.7 Å². The van der Waals surface area contributed by atoms with Crippen LogP contribution in [0.4, 0.5) is 27.9 Å². The van der Waals surface area contributed by atoms with E-state index in [0.717, 1.165) is 42.8 Å². The normalized spacial score (nSPS) is 14.3. The third-order valence-electron chi connectivity index (χ3n) is 5.09. The van der Waals surface area contributed by atoms with Crippen LogP contribution in [0.25, 0.3) is 11.0 Å². The number of hydrogen-bond acceptors (Lipinski definition) is 7. The van der Waals surface area contributed by atoms with Crippen molar-refractivity contribution in [3.63, 3.8) is 0 Å². The zero-order valence-corrected chi connectivity index (χ0v) is 19.0. The summed E-state index contributed by atoms with van der Waals surface area (Å²) in [4.78, 5) is 28.1. The van der Waals surface area contributed by atoms with Crippen LogP contribution in [0.3, 0.4) is 0 Å². The number of benzene rings is 1. The number of fused-ring (bicyclic) bond motifs is 1. The van der Waals surface area contributed by atoms with Gasteiger partial charge in [0.15, 0.2) is 5.65 Å². The second-order valence-electron chi connectivity index (χ2n) is 9.00. The number of aromatic nitrogens is 3. The molecule has 4 rings (SSSR count). The number of piperazine rings is 1. The molecular weight excluding hydrogens is 404 g/mol. The van der Waals surface area contributed by atoms with Gasteiger partial charge in [0.25, 0.3) is 0 Å². The number of pyridine rings is 1. The number of hydrogen-bond donors (Lipinski definition) is 4. The summed E-state index contributed by atoms with van der Waals surface area (Å²) in [6.45, 7) is 11.7. The Morgan fingerprint density at radius 2 is 1.81 bits per heavy atom. The lowest BCUT2D eigenvalue weighted by Gasteiger charge is -2.29. The quantitative estimate of drug-likeness (QED) is 0.498. The van der Waals surface area contributed by atoms with Gasteiger partial charge in [-0.25, -0.2) is 14.8 Å². The summed E-state index contributed by atoms with van der Waals surface area (Å²) in [5.41, 5.74) is 3.12. The number of nitrogens with one attached hydrogen (secondary N) is 4. The lowest BCUT2D eigenvalue weighted by Crippen LogP contribution is -2.43. The molecule has 9 nitrogen and oxygen atoms in total. The number of aryl methyl sites for hydroxylation is 1. The maximum absolute atomic E-state index is 12.3. The summed E-state index contributed by atoms with van der Waals surface area (Å²) in [6.07, 6.45) is 1.73. The molecule has 2 amide bonds. The average Bonchev–Trinajstić information content (AvgIpc) is 2.74. The fourth-order valence-corrected chi connectivity index (χ4v) is 3.54. The molecular formula is C23H30N8O. The highest BCUT2D eigenvalue weighted by Crippen LogP contribution is 2.22. The van der Waals surface area contributed by atoms with Gasteiger partial charge < -0.3 is 20.9 Å². The predicted octanol–water partition coefficient (Wildman–Crippen LogP) is 3.41. The molecule has 0 aliphatic carbocycles. The van der Waals surface area contributed by atoms with Crippen LogP contribution in [0, 0.1) is 6.92 Å². The van der Waals surface area contributed by atoms with E-state index >= 15 is 0 Å². The van der Waals surface area contributed by atoms with E-state index in [-0.39, 0.29) is 11.6 Å². The second kappa shape index (κ2) is 8.96. The van der Waals surface area contributed by atoms with Crippen LogP contribution in [0.15, 0.2) is 36.5 Å². The van der Waals surface area contributed by atoms with Crippen LogP contribution in [0.5, 0.6) is 0 Å². The first kappa shape index (κ1) is 21.8. The van der Waals surface area contributed by atoms with Crippen molar-refractivity contribution in [2.75, 3.05) is 41.7 Å². The minimum absolute atomic E-state index is 0.301. The fourth-order valence-electron chi connectivity index (χ4n) is 3.54. The van der Waals surface area contributed by atoms with E-state index in [1.807, 2.05) is 45.9 Å². The molecule has 1 fully saturated rings. The molecule has 0 unspecified atom stereocenters. The highest BCUT2D eigenvalue weighted by Gasteiger charge is 2.16. The Bertz CT molecular complexity index is 1100. The van der Waals surface area contributed by atoms with Gasteiger partial charge in [-0.05, 0) is 63.6 Å². The van der Waals surface area contributed by atoms with Crippen LogP contribution in [0.1, 0.15) is 26.3 Å². The molecule has 0 atom stereocenters. The van der Waals surface area contributed by atoms with E-state index < -0.39 is 0 Å². The van der Waals surface area contributed by atoms with Gasteiger partial charge in [-0.1, -0.05) is 0 Å². The van der Waals surface area contributed by atoms with Gasteiger partial charge in [-0.3, -0.25) is 5.32 Å². The van der Waals surface area contributed by atoms with Crippen molar-refractivity contribution in [2.24, 2.45) is 0 Å². The molecule has 32 heavy (non-hydrogen) atoms. The molecule has 1 aromatic carbocycles. The van der Waals surface area contributed by atoms with Crippen LogP contribution < -0.4 is 26.2 Å². The number of urea groups is 1. The molecule has 1 saturated heterocycles. The van der Waals surface area contributed by atoms with Crippen molar-refractivity contribution >= 4 is 40.2 Å². The van der Waals surface area contributed by atoms with Crippen molar-refractivity contribution in [1.29, 1.82) is 0 Å². The average molecular weight is 435 g/mol. The molecule has 4 N–H and O–H groups in total. The van der Waals surface area contributed by atoms with Gasteiger partial charge in [-0.15, -0.1) is 0 Å². The number of rotatable bonds is 4. The summed E-state index contributed by atoms with van der Waals surface area (Å²) >= 11 is 0. The molecule has 9 heteroatoms. The molecule has 168 valence electrons. The van der Waals surface area contributed by atoms with Crippen LogP contribution in [-0.4, -0.2) is 52.7 Å². The lowest BCUT2D eigenvalue weighted by molar-refractivity contribution is 0.243. The van der Waals surface area contributed by atoms with E-state index in [4.69, 9.17) is 0 Å². The van der Waals surface area contributed by atoms with Crippen LogP contribution in [-0.2, 0) is 0 Å². The van der Waals surface area contributed by atoms with Crippen LogP contribution in [0.2, 0.25) is 0 Å². The molecule has 0 radical (unpaired) electrons. The topological polar surface area (TPSA) is 107 Å². The van der Waals surface area contributed by atoms with Crippen molar-refractivity contribution < 1.29 is 4.79 Å². The largest absolute Gasteiger partial charge is 0.369 e. The molecule has 0 spiro atoms. The van der Waals surface area contributed by atoms with Gasteiger partial charge in [0.05, 0.1) is 0 Å². The Labute approximate surface area is 188 Å². The number of carbonyl (C=O) groups is 1. The van der Waals surface area contributed by atoms with Crippen molar-refractivity contribution in [3.8, 4) is 0 Å². The van der Waals surface area contributed by atoms with E-state index in [1.165, 1.54) is 5.69 Å². The minimum atomic E-state index is -0.339. The third kappa shape index (κ3) is 5.42. The molecule has 0 saturated carbocycles. The standard InChI is InChI=1S/C23H30N8O/c1-15-13-16-14-25-21(28-20(16)27-19(15)29-22(32)30-23(2,3)4)26-17-5-7-18(8-6-17)31-11-9-24-10-12-31/h5-8,13-14,24H,9-12H2,1-4H3,(H3,25,26,27,28,29,30,32). The first-order valence-electron chi connectivity index (χ1n) is 10.8. The maximum Gasteiger partial charge on any atom is 0.320 e. The Morgan fingerprint density at radius 3 is 2.50 bits per heavy atom. The van der Waals surface area contributed by atoms with Gasteiger partial charge in [0.2, 0.25) is 5.95 Å². The van der Waals surface area contributed by atoms with E-state index in [1.54, 1.807) is 6.20 Å². The highest BCUT2D eigenvalue weighted by atomic mass is 16.2. The van der Waals surface area contributed by atoms with Crippen molar-refractivity contribution in [3.05, 3.63) is 42.1 Å². The summed E-state index contributed by atoms with van der Waals surface area (Å²) in [5.74, 6) is 0.929. The van der Waals surface area contributed by atoms with E-state index in [2.05, 4.69) is 53.3 Å². The predicted molar refractivity (Wildman–Crippen MR) is 129 cm³/mol. The first-order chi connectivity index (χ1) is 15.3. The molecule has 2 aromatic heterocycles. The molecule has 1 aliphatic rings. The smallest absolute Gasteiger partial charge is 0.320 e. The summed E-state index contributed by atoms with van der Waals surface area (Å²) in [6, 6.07) is 9.87. The summed E-state index contributed by atoms with van der Waals surface area (Å²) < 4.78 is 0. The molecule has 3 heterocycles. The van der Waals surface area contributed by atoms with Gasteiger partial charge in [0.1, 0.15) is 5.82 Å². The molecule has 3 aromatic rings. The van der Waals surface area contributed by atoms with Crippen molar-refractivity contribution in [1.82, 2.24) is 25.6 Å². The number of amides is 2.